The summed E-state index contributed by atoms with van der Waals surface area (Å²) >= 11 is 0. The van der Waals surface area contributed by atoms with Gasteiger partial charge < -0.3 is 29.1 Å². The van der Waals surface area contributed by atoms with E-state index in [0.29, 0.717) is 41.2 Å². The maximum atomic E-state index is 11.3. The molecule has 1 aromatic carbocycles. The summed E-state index contributed by atoms with van der Waals surface area (Å²) in [5, 5.41) is 10.2. The number of aliphatic hydroxyl groups excluding tert-OH is 1. The molecule has 164 valence electrons. The predicted molar refractivity (Wildman–Crippen MR) is 105 cm³/mol. The predicted octanol–water partition coefficient (Wildman–Crippen LogP) is 2.04. The number of hydrogen-bond acceptors (Lipinski definition) is 6. The quantitative estimate of drug-likeness (QED) is 0.422. The van der Waals surface area contributed by atoms with E-state index in [1.807, 2.05) is 6.07 Å². The number of benzene rings is 1. The molecule has 1 saturated carbocycles. The van der Waals surface area contributed by atoms with Crippen molar-refractivity contribution in [3.8, 4) is 17.2 Å². The van der Waals surface area contributed by atoms with Crippen LogP contribution < -0.4 is 14.2 Å². The zero-order valence-corrected chi connectivity index (χ0v) is 17.8. The number of methoxy groups -OCH3 is 2. The Balaban J connectivity index is 1.82. The van der Waals surface area contributed by atoms with Crippen molar-refractivity contribution in [2.24, 2.45) is 0 Å². The average Bonchev–Trinajstić information content (AvgIpc) is 3.08. The minimum Gasteiger partial charge on any atom is -0.493 e. The number of nitrogens with zero attached hydrogens (tertiary/aromatic N) is 1. The van der Waals surface area contributed by atoms with Crippen LogP contribution in [0.25, 0.3) is 0 Å². The van der Waals surface area contributed by atoms with Crippen molar-refractivity contribution in [2.45, 2.75) is 50.4 Å². The van der Waals surface area contributed by atoms with E-state index in [1.165, 1.54) is 0 Å². The van der Waals surface area contributed by atoms with Gasteiger partial charge in [-0.1, -0.05) is 0 Å². The van der Waals surface area contributed by atoms with E-state index in [0.717, 1.165) is 25.7 Å². The van der Waals surface area contributed by atoms with Gasteiger partial charge in [0.25, 0.3) is 0 Å². The first-order valence-electron chi connectivity index (χ1n) is 9.89. The molecule has 0 amide bonds. The van der Waals surface area contributed by atoms with Crippen LogP contribution in [0, 0.1) is 0 Å². The first-order chi connectivity index (χ1) is 13.8. The molecule has 0 bridgehead atoms. The van der Waals surface area contributed by atoms with Gasteiger partial charge in [0.1, 0.15) is 24.4 Å². The third-order valence-corrected chi connectivity index (χ3v) is 6.43. The molecular weight excluding hydrogens is 401 g/mol. The summed E-state index contributed by atoms with van der Waals surface area (Å²) in [6.07, 6.45) is 3.58. The van der Waals surface area contributed by atoms with Crippen molar-refractivity contribution < 1.29 is 42.7 Å². The van der Waals surface area contributed by atoms with Gasteiger partial charge in [0.15, 0.2) is 24.3 Å². The van der Waals surface area contributed by atoms with Crippen LogP contribution in [0.4, 0.5) is 0 Å². The van der Waals surface area contributed by atoms with Crippen molar-refractivity contribution in [2.75, 3.05) is 34.0 Å². The molecule has 29 heavy (non-hydrogen) atoms. The van der Waals surface area contributed by atoms with Crippen molar-refractivity contribution >= 4 is 7.82 Å². The van der Waals surface area contributed by atoms with Gasteiger partial charge >= 0.3 is 7.82 Å². The van der Waals surface area contributed by atoms with E-state index >= 15 is 0 Å². The highest BCUT2D eigenvalue weighted by Crippen LogP contribution is 2.41. The van der Waals surface area contributed by atoms with Crippen LogP contribution in [-0.2, 0) is 9.09 Å². The maximum absolute atomic E-state index is 11.3. The second-order valence-electron chi connectivity index (χ2n) is 7.84. The molecule has 0 spiro atoms. The van der Waals surface area contributed by atoms with Gasteiger partial charge in [0, 0.05) is 18.9 Å². The molecule has 0 aromatic heterocycles. The lowest BCUT2D eigenvalue weighted by atomic mass is 9.89. The zero-order chi connectivity index (χ0) is 21.1. The Hall–Kier alpha value is -1.35. The van der Waals surface area contributed by atoms with Crippen LogP contribution >= 0.6 is 7.82 Å². The molecule has 4 atom stereocenters. The molecular formula is C19H31NO8P+. The standard InChI is InChI=1S/C19H30NO8P/c1-25-18-8-7-15(11-19(18)26-2)28-17-6-4-3-5-16(17)20(10-9-14(21)12-20)13-27-29(22,23)24/h7-8,11,14,16-17,21H,3-6,9-10,12-13H2,1-2H3,(H-,22,23,24)/p+1/t14-,16-,17+,20-/m1/s1. The van der Waals surface area contributed by atoms with Crippen molar-refractivity contribution in [1.29, 1.82) is 0 Å². The van der Waals surface area contributed by atoms with Crippen LogP contribution in [0.15, 0.2) is 18.2 Å². The molecule has 2 fully saturated rings. The van der Waals surface area contributed by atoms with Gasteiger partial charge in [-0.3, -0.25) is 4.48 Å². The van der Waals surface area contributed by atoms with Gasteiger partial charge in [0.05, 0.1) is 20.8 Å². The van der Waals surface area contributed by atoms with Crippen LogP contribution in [0.5, 0.6) is 17.2 Å². The number of aliphatic hydroxyl groups is 1. The SMILES string of the molecule is COc1ccc(O[C@H]2CCCC[C@H]2[N@+]2(COP(=O)(O)O)CC[C@@H](O)C2)cc1OC. The highest BCUT2D eigenvalue weighted by molar-refractivity contribution is 7.46. The number of quaternary nitrogens is 1. The fourth-order valence-corrected chi connectivity index (χ4v) is 5.00. The van der Waals surface area contributed by atoms with Crippen LogP contribution in [0.1, 0.15) is 32.1 Å². The fourth-order valence-electron chi connectivity index (χ4n) is 4.62. The third-order valence-electron chi connectivity index (χ3n) is 5.98. The summed E-state index contributed by atoms with van der Waals surface area (Å²) in [5.74, 6) is 1.83. The van der Waals surface area contributed by atoms with Gasteiger partial charge in [-0.15, -0.1) is 0 Å². The first-order valence-corrected chi connectivity index (χ1v) is 11.4. The molecule has 3 rings (SSSR count). The van der Waals surface area contributed by atoms with Gasteiger partial charge in [0.2, 0.25) is 0 Å². The Bertz CT molecular complexity index is 741. The summed E-state index contributed by atoms with van der Waals surface area (Å²) in [6.45, 7) is 0.853. The molecule has 1 heterocycles. The van der Waals surface area contributed by atoms with Crippen molar-refractivity contribution in [3.63, 3.8) is 0 Å². The first kappa shape index (κ1) is 22.3. The Labute approximate surface area is 171 Å². The van der Waals surface area contributed by atoms with Crippen LogP contribution in [-0.4, -0.2) is 71.7 Å². The van der Waals surface area contributed by atoms with E-state index < -0.39 is 13.9 Å². The number of rotatable bonds is 8. The second kappa shape index (κ2) is 9.20. The monoisotopic (exact) mass is 432 g/mol. The molecule has 3 N–H and O–H groups in total. The van der Waals surface area contributed by atoms with Crippen LogP contribution in [0.3, 0.4) is 0 Å². The minimum atomic E-state index is -4.61. The average molecular weight is 432 g/mol. The van der Waals surface area contributed by atoms with E-state index in [-0.39, 0.29) is 18.9 Å². The van der Waals surface area contributed by atoms with Gasteiger partial charge in [-0.25, -0.2) is 9.09 Å². The topological polar surface area (TPSA) is 115 Å². The van der Waals surface area contributed by atoms with Crippen LogP contribution in [0.2, 0.25) is 0 Å². The molecule has 1 aliphatic heterocycles. The van der Waals surface area contributed by atoms with Crippen molar-refractivity contribution in [3.05, 3.63) is 18.2 Å². The lowest BCUT2D eigenvalue weighted by molar-refractivity contribution is -0.959. The molecule has 0 unspecified atom stereocenters. The molecule has 1 aliphatic carbocycles. The van der Waals surface area contributed by atoms with Crippen molar-refractivity contribution in [1.82, 2.24) is 0 Å². The van der Waals surface area contributed by atoms with Gasteiger partial charge in [-0.05, 0) is 31.4 Å². The molecule has 9 nitrogen and oxygen atoms in total. The highest BCUT2D eigenvalue weighted by atomic mass is 31.2. The minimum absolute atomic E-state index is 0.0273. The molecule has 0 radical (unpaired) electrons. The van der Waals surface area contributed by atoms with E-state index in [2.05, 4.69) is 0 Å². The van der Waals surface area contributed by atoms with Gasteiger partial charge in [-0.2, -0.15) is 0 Å². The number of phosphoric ester groups is 1. The zero-order valence-electron chi connectivity index (χ0n) is 16.9. The summed E-state index contributed by atoms with van der Waals surface area (Å²) in [4.78, 5) is 18.4. The molecule has 10 heteroatoms. The Morgan fingerprint density at radius 2 is 1.83 bits per heavy atom. The Morgan fingerprint density at radius 3 is 2.45 bits per heavy atom. The molecule has 2 aliphatic rings. The summed E-state index contributed by atoms with van der Waals surface area (Å²) in [5.41, 5.74) is 0. The number of likely N-dealkylation sites (tertiary alicyclic amines) is 1. The summed E-state index contributed by atoms with van der Waals surface area (Å²) in [6, 6.07) is 5.36. The summed E-state index contributed by atoms with van der Waals surface area (Å²) < 4.78 is 33.5. The Morgan fingerprint density at radius 1 is 1.10 bits per heavy atom. The molecule has 1 saturated heterocycles. The highest BCUT2D eigenvalue weighted by Gasteiger charge is 2.50. The lowest BCUT2D eigenvalue weighted by Gasteiger charge is -2.46. The Kier molecular flexibility index (Phi) is 7.09. The normalized spacial score (nSPS) is 30.2. The fraction of sp³-hybridized carbons (Fsp3) is 0.684. The smallest absolute Gasteiger partial charge is 0.474 e. The van der Waals surface area contributed by atoms with E-state index in [4.69, 9.17) is 18.7 Å². The van der Waals surface area contributed by atoms with E-state index in [9.17, 15) is 19.5 Å². The second-order valence-corrected chi connectivity index (χ2v) is 9.08. The number of ether oxygens (including phenoxy) is 3. The summed E-state index contributed by atoms with van der Waals surface area (Å²) in [7, 11) is -1.47. The number of phosphoric acid groups is 1. The third kappa shape index (κ3) is 5.42. The molecule has 1 aromatic rings. The van der Waals surface area contributed by atoms with E-state index in [1.54, 1.807) is 26.4 Å². The lowest BCUT2D eigenvalue weighted by Crippen LogP contribution is -2.61. The number of hydrogen-bond donors (Lipinski definition) is 3. The largest absolute Gasteiger partial charge is 0.493 e. The maximum Gasteiger partial charge on any atom is 0.474 e.